The number of likely N-dealkylation sites (tertiary alicyclic amines) is 1. The van der Waals surface area contributed by atoms with E-state index in [1.54, 1.807) is 0 Å². The fourth-order valence-corrected chi connectivity index (χ4v) is 2.13. The number of hydrogen-bond donors (Lipinski definition) is 1. The highest BCUT2D eigenvalue weighted by molar-refractivity contribution is 5.40. The lowest BCUT2D eigenvalue weighted by atomic mass is 9.93. The second-order valence-electron chi connectivity index (χ2n) is 4.37. The summed E-state index contributed by atoms with van der Waals surface area (Å²) in [6.45, 7) is 2.53. The number of nitrogens with two attached hydrogens (primary N) is 1. The van der Waals surface area contributed by atoms with Crippen molar-refractivity contribution < 1.29 is 0 Å². The van der Waals surface area contributed by atoms with Gasteiger partial charge in [0.15, 0.2) is 0 Å². The molecule has 0 aliphatic carbocycles. The summed E-state index contributed by atoms with van der Waals surface area (Å²) in [7, 11) is 2.18. The largest absolute Gasteiger partial charge is 0.399 e. The second kappa shape index (κ2) is 4.01. The third-order valence-electron chi connectivity index (χ3n) is 2.93. The molecule has 2 nitrogen and oxygen atoms in total. The highest BCUT2D eigenvalue weighted by atomic mass is 15.2. The molecule has 0 saturated carbocycles. The van der Waals surface area contributed by atoms with Gasteiger partial charge in [0.1, 0.15) is 0 Å². The Morgan fingerprint density at radius 2 is 2.21 bits per heavy atom. The van der Waals surface area contributed by atoms with Crippen LogP contribution in [0.4, 0.5) is 5.69 Å². The first-order valence-corrected chi connectivity index (χ1v) is 5.27. The van der Waals surface area contributed by atoms with Crippen molar-refractivity contribution in [2.24, 2.45) is 5.92 Å². The molecule has 14 heavy (non-hydrogen) atoms. The Labute approximate surface area is 85.7 Å². The zero-order valence-corrected chi connectivity index (χ0v) is 8.74. The molecule has 1 fully saturated rings. The Hall–Kier alpha value is -1.02. The van der Waals surface area contributed by atoms with Gasteiger partial charge >= 0.3 is 0 Å². The lowest BCUT2D eigenvalue weighted by Gasteiger charge is -2.36. The van der Waals surface area contributed by atoms with E-state index >= 15 is 0 Å². The molecule has 1 aromatic carbocycles. The highest BCUT2D eigenvalue weighted by Crippen LogP contribution is 2.19. The summed E-state index contributed by atoms with van der Waals surface area (Å²) < 4.78 is 0. The fraction of sp³-hybridized carbons (Fsp3) is 0.500. The van der Waals surface area contributed by atoms with E-state index in [-0.39, 0.29) is 0 Å². The van der Waals surface area contributed by atoms with Gasteiger partial charge in [-0.1, -0.05) is 12.1 Å². The monoisotopic (exact) mass is 190 g/mol. The average molecular weight is 190 g/mol. The topological polar surface area (TPSA) is 29.3 Å². The summed E-state index contributed by atoms with van der Waals surface area (Å²) in [5.41, 5.74) is 7.98. The van der Waals surface area contributed by atoms with Crippen molar-refractivity contribution in [3.8, 4) is 0 Å². The lowest BCUT2D eigenvalue weighted by Crippen LogP contribution is -2.43. The van der Waals surface area contributed by atoms with Gasteiger partial charge in [0.05, 0.1) is 0 Å². The van der Waals surface area contributed by atoms with Crippen molar-refractivity contribution in [2.45, 2.75) is 12.8 Å². The molecule has 1 heterocycles. The SMILES string of the molecule is CN1CC(CCc2cccc(N)c2)C1. The predicted molar refractivity (Wildman–Crippen MR) is 60.2 cm³/mol. The molecule has 1 aromatic rings. The van der Waals surface area contributed by atoms with Gasteiger partial charge in [0, 0.05) is 18.8 Å². The van der Waals surface area contributed by atoms with Crippen LogP contribution in [0.2, 0.25) is 0 Å². The first-order chi connectivity index (χ1) is 6.74. The van der Waals surface area contributed by atoms with Crippen LogP contribution < -0.4 is 5.73 Å². The number of benzene rings is 1. The molecule has 0 radical (unpaired) electrons. The molecule has 0 bridgehead atoms. The van der Waals surface area contributed by atoms with Crippen molar-refractivity contribution in [3.05, 3.63) is 29.8 Å². The van der Waals surface area contributed by atoms with Crippen molar-refractivity contribution in [3.63, 3.8) is 0 Å². The predicted octanol–water partition coefficient (Wildman–Crippen LogP) is 1.76. The summed E-state index contributed by atoms with van der Waals surface area (Å²) >= 11 is 0. The Bertz CT molecular complexity index is 303. The summed E-state index contributed by atoms with van der Waals surface area (Å²) in [5, 5.41) is 0. The molecule has 0 amide bonds. The zero-order valence-electron chi connectivity index (χ0n) is 8.74. The van der Waals surface area contributed by atoms with Crippen LogP contribution in [0.3, 0.4) is 0 Å². The quantitative estimate of drug-likeness (QED) is 0.736. The summed E-state index contributed by atoms with van der Waals surface area (Å²) in [4.78, 5) is 2.37. The minimum Gasteiger partial charge on any atom is -0.399 e. The van der Waals surface area contributed by atoms with Crippen molar-refractivity contribution in [1.82, 2.24) is 4.90 Å². The van der Waals surface area contributed by atoms with Gasteiger partial charge in [-0.2, -0.15) is 0 Å². The standard InChI is InChI=1S/C12H18N2/c1-14-8-11(9-14)6-5-10-3-2-4-12(13)7-10/h2-4,7,11H,5-6,8-9,13H2,1H3. The van der Waals surface area contributed by atoms with E-state index in [0.29, 0.717) is 0 Å². The van der Waals surface area contributed by atoms with E-state index in [4.69, 9.17) is 5.73 Å². The highest BCUT2D eigenvalue weighted by Gasteiger charge is 2.22. The van der Waals surface area contributed by atoms with E-state index in [2.05, 4.69) is 24.1 Å². The Kier molecular flexibility index (Phi) is 2.73. The van der Waals surface area contributed by atoms with Crippen LogP contribution in [0, 0.1) is 5.92 Å². The maximum Gasteiger partial charge on any atom is 0.0316 e. The normalized spacial score (nSPS) is 18.1. The van der Waals surface area contributed by atoms with Crippen LogP contribution in [-0.4, -0.2) is 25.0 Å². The molecule has 2 rings (SSSR count). The van der Waals surface area contributed by atoms with Gasteiger partial charge in [0.2, 0.25) is 0 Å². The lowest BCUT2D eigenvalue weighted by molar-refractivity contribution is 0.127. The minimum absolute atomic E-state index is 0.883. The third-order valence-corrected chi connectivity index (χ3v) is 2.93. The first kappa shape index (κ1) is 9.53. The number of nitrogen functional groups attached to an aromatic ring is 1. The molecule has 0 aromatic heterocycles. The number of nitrogens with zero attached hydrogens (tertiary/aromatic N) is 1. The van der Waals surface area contributed by atoms with Gasteiger partial charge in [0.25, 0.3) is 0 Å². The van der Waals surface area contributed by atoms with Crippen molar-refractivity contribution in [2.75, 3.05) is 25.9 Å². The molecule has 76 valence electrons. The summed E-state index contributed by atoms with van der Waals surface area (Å²) in [5.74, 6) is 0.904. The Balaban J connectivity index is 1.80. The Morgan fingerprint density at radius 1 is 1.43 bits per heavy atom. The number of rotatable bonds is 3. The minimum atomic E-state index is 0.883. The molecular formula is C12H18N2. The van der Waals surface area contributed by atoms with Crippen LogP contribution in [0.1, 0.15) is 12.0 Å². The first-order valence-electron chi connectivity index (χ1n) is 5.27. The van der Waals surface area contributed by atoms with E-state index in [0.717, 1.165) is 11.6 Å². The molecular weight excluding hydrogens is 172 g/mol. The van der Waals surface area contributed by atoms with E-state index < -0.39 is 0 Å². The van der Waals surface area contributed by atoms with Gasteiger partial charge in [-0.3, -0.25) is 0 Å². The molecule has 2 N–H and O–H groups in total. The van der Waals surface area contributed by atoms with Gasteiger partial charge in [-0.15, -0.1) is 0 Å². The van der Waals surface area contributed by atoms with E-state index in [1.165, 1.54) is 31.5 Å². The van der Waals surface area contributed by atoms with Crippen molar-refractivity contribution >= 4 is 5.69 Å². The maximum absolute atomic E-state index is 5.73. The van der Waals surface area contributed by atoms with Crippen LogP contribution >= 0.6 is 0 Å². The number of anilines is 1. The van der Waals surface area contributed by atoms with Crippen LogP contribution in [0.5, 0.6) is 0 Å². The third kappa shape index (κ3) is 2.26. The van der Waals surface area contributed by atoms with Crippen LogP contribution in [0.15, 0.2) is 24.3 Å². The smallest absolute Gasteiger partial charge is 0.0316 e. The molecule has 0 spiro atoms. The summed E-state index contributed by atoms with van der Waals surface area (Å²) in [6.07, 6.45) is 2.47. The molecule has 1 aliphatic heterocycles. The number of aryl methyl sites for hydroxylation is 1. The summed E-state index contributed by atoms with van der Waals surface area (Å²) in [6, 6.07) is 8.24. The van der Waals surface area contributed by atoms with Gasteiger partial charge in [-0.05, 0) is 43.5 Å². The number of hydrogen-bond acceptors (Lipinski definition) is 2. The molecule has 1 aliphatic rings. The fourth-order valence-electron chi connectivity index (χ4n) is 2.13. The van der Waals surface area contributed by atoms with E-state index in [1.807, 2.05) is 12.1 Å². The Morgan fingerprint density at radius 3 is 2.86 bits per heavy atom. The molecule has 0 unspecified atom stereocenters. The zero-order chi connectivity index (χ0) is 9.97. The van der Waals surface area contributed by atoms with E-state index in [9.17, 15) is 0 Å². The van der Waals surface area contributed by atoms with Gasteiger partial charge in [-0.25, -0.2) is 0 Å². The second-order valence-corrected chi connectivity index (χ2v) is 4.37. The van der Waals surface area contributed by atoms with Crippen LogP contribution in [0.25, 0.3) is 0 Å². The van der Waals surface area contributed by atoms with Gasteiger partial charge < -0.3 is 10.6 Å². The van der Waals surface area contributed by atoms with Crippen molar-refractivity contribution in [1.29, 1.82) is 0 Å². The maximum atomic E-state index is 5.73. The molecule has 0 atom stereocenters. The molecule has 1 saturated heterocycles. The average Bonchev–Trinajstić information content (AvgIpc) is 2.11. The molecule has 2 heteroatoms. The van der Waals surface area contributed by atoms with Crippen LogP contribution in [-0.2, 0) is 6.42 Å².